The van der Waals surface area contributed by atoms with Gasteiger partial charge in [-0.1, -0.05) is 0 Å². The van der Waals surface area contributed by atoms with Crippen molar-refractivity contribution in [2.24, 2.45) is 0 Å². The molecule has 13 heavy (non-hydrogen) atoms. The highest BCUT2D eigenvalue weighted by Crippen LogP contribution is 2.19. The number of aromatic nitrogens is 2. The molecule has 0 aromatic carbocycles. The Morgan fingerprint density at radius 2 is 2.23 bits per heavy atom. The standard InChI is InChI=1S/C9H8F2N2/c1-6-5-12-8-4-7(9(10)11)2-3-13(6)8/h2-5,9H,1H3. The molecule has 0 saturated heterocycles. The quantitative estimate of drug-likeness (QED) is 0.662. The molecule has 0 unspecified atom stereocenters. The van der Waals surface area contributed by atoms with Crippen LogP contribution in [0.25, 0.3) is 5.65 Å². The minimum absolute atomic E-state index is 0.0121. The van der Waals surface area contributed by atoms with Crippen LogP contribution in [0.2, 0.25) is 0 Å². The summed E-state index contributed by atoms with van der Waals surface area (Å²) < 4.78 is 26.3. The Balaban J connectivity index is 2.63. The molecule has 2 heterocycles. The van der Waals surface area contributed by atoms with E-state index in [1.807, 2.05) is 6.92 Å². The molecule has 0 atom stereocenters. The van der Waals surface area contributed by atoms with Crippen molar-refractivity contribution < 1.29 is 8.78 Å². The van der Waals surface area contributed by atoms with Gasteiger partial charge in [0.15, 0.2) is 0 Å². The fourth-order valence-corrected chi connectivity index (χ4v) is 1.26. The smallest absolute Gasteiger partial charge is 0.264 e. The van der Waals surface area contributed by atoms with Crippen molar-refractivity contribution in [3.05, 3.63) is 35.8 Å². The Bertz CT molecular complexity index is 434. The van der Waals surface area contributed by atoms with Crippen molar-refractivity contribution >= 4 is 5.65 Å². The normalized spacial score (nSPS) is 11.4. The summed E-state index contributed by atoms with van der Waals surface area (Å²) in [5.41, 5.74) is 1.52. The molecule has 0 aliphatic heterocycles. The third kappa shape index (κ3) is 1.28. The van der Waals surface area contributed by atoms with Gasteiger partial charge in [0.05, 0.1) is 0 Å². The van der Waals surface area contributed by atoms with Crippen LogP contribution < -0.4 is 0 Å². The average molecular weight is 182 g/mol. The van der Waals surface area contributed by atoms with Crippen molar-refractivity contribution in [2.75, 3.05) is 0 Å². The maximum absolute atomic E-state index is 12.3. The molecule has 0 amide bonds. The van der Waals surface area contributed by atoms with Crippen molar-refractivity contribution in [3.8, 4) is 0 Å². The van der Waals surface area contributed by atoms with Crippen LogP contribution in [-0.4, -0.2) is 9.38 Å². The van der Waals surface area contributed by atoms with E-state index in [1.54, 1.807) is 16.8 Å². The number of alkyl halides is 2. The number of imidazole rings is 1. The van der Waals surface area contributed by atoms with Crippen LogP contribution in [0.3, 0.4) is 0 Å². The number of nitrogens with zero attached hydrogens (tertiary/aromatic N) is 2. The molecule has 2 nitrogen and oxygen atoms in total. The maximum Gasteiger partial charge on any atom is 0.264 e. The maximum atomic E-state index is 12.3. The van der Waals surface area contributed by atoms with Gasteiger partial charge < -0.3 is 4.40 Å². The first-order valence-electron chi connectivity index (χ1n) is 3.90. The van der Waals surface area contributed by atoms with Crippen LogP contribution >= 0.6 is 0 Å². The zero-order valence-electron chi connectivity index (χ0n) is 7.04. The fraction of sp³-hybridized carbons (Fsp3) is 0.222. The highest BCUT2D eigenvalue weighted by atomic mass is 19.3. The van der Waals surface area contributed by atoms with E-state index in [0.717, 1.165) is 5.69 Å². The van der Waals surface area contributed by atoms with E-state index in [0.29, 0.717) is 5.65 Å². The molecule has 0 radical (unpaired) electrons. The second kappa shape index (κ2) is 2.80. The SMILES string of the molecule is Cc1cnc2cc(C(F)F)ccn12. The van der Waals surface area contributed by atoms with Gasteiger partial charge in [-0.05, 0) is 19.1 Å². The predicted molar refractivity (Wildman–Crippen MR) is 44.9 cm³/mol. The molecule has 0 aliphatic carbocycles. The molecule has 2 rings (SSSR count). The first-order chi connectivity index (χ1) is 6.18. The van der Waals surface area contributed by atoms with Crippen LogP contribution in [0.5, 0.6) is 0 Å². The largest absolute Gasteiger partial charge is 0.304 e. The second-order valence-corrected chi connectivity index (χ2v) is 2.89. The molecule has 2 aromatic heterocycles. The van der Waals surface area contributed by atoms with Gasteiger partial charge in [0.1, 0.15) is 5.65 Å². The molecule has 68 valence electrons. The number of halogens is 2. The zero-order valence-corrected chi connectivity index (χ0v) is 7.04. The number of fused-ring (bicyclic) bond motifs is 1. The van der Waals surface area contributed by atoms with Gasteiger partial charge in [0, 0.05) is 23.7 Å². The van der Waals surface area contributed by atoms with Crippen molar-refractivity contribution in [3.63, 3.8) is 0 Å². The number of hydrogen-bond acceptors (Lipinski definition) is 1. The lowest BCUT2D eigenvalue weighted by Gasteiger charge is -2.00. The van der Waals surface area contributed by atoms with E-state index in [1.165, 1.54) is 12.1 Å². The van der Waals surface area contributed by atoms with Gasteiger partial charge in [-0.25, -0.2) is 13.8 Å². The summed E-state index contributed by atoms with van der Waals surface area (Å²) in [6.07, 6.45) is 0.839. The molecule has 0 bridgehead atoms. The predicted octanol–water partition coefficient (Wildman–Crippen LogP) is 2.58. The van der Waals surface area contributed by atoms with Crippen molar-refractivity contribution in [1.82, 2.24) is 9.38 Å². The third-order valence-electron chi connectivity index (χ3n) is 1.97. The van der Waals surface area contributed by atoms with Crippen LogP contribution in [0, 0.1) is 6.92 Å². The lowest BCUT2D eigenvalue weighted by atomic mass is 10.3. The summed E-state index contributed by atoms with van der Waals surface area (Å²) in [4.78, 5) is 3.99. The molecule has 0 saturated carbocycles. The van der Waals surface area contributed by atoms with E-state index in [2.05, 4.69) is 4.98 Å². The second-order valence-electron chi connectivity index (χ2n) is 2.89. The molecule has 0 fully saturated rings. The number of aryl methyl sites for hydroxylation is 1. The molecule has 4 heteroatoms. The van der Waals surface area contributed by atoms with Gasteiger partial charge in [-0.15, -0.1) is 0 Å². The van der Waals surface area contributed by atoms with E-state index < -0.39 is 6.43 Å². The van der Waals surface area contributed by atoms with Gasteiger partial charge in [-0.2, -0.15) is 0 Å². The van der Waals surface area contributed by atoms with Crippen LogP contribution in [0.15, 0.2) is 24.5 Å². The van der Waals surface area contributed by atoms with Crippen LogP contribution in [0.4, 0.5) is 8.78 Å². The van der Waals surface area contributed by atoms with E-state index >= 15 is 0 Å². The lowest BCUT2D eigenvalue weighted by molar-refractivity contribution is 0.151. The van der Waals surface area contributed by atoms with E-state index in [9.17, 15) is 8.78 Å². The number of pyridine rings is 1. The molecular formula is C9H8F2N2. The molecule has 2 aromatic rings. The molecule has 0 spiro atoms. The summed E-state index contributed by atoms with van der Waals surface area (Å²) in [5.74, 6) is 0. The Morgan fingerprint density at radius 3 is 2.92 bits per heavy atom. The minimum atomic E-state index is -2.43. The topological polar surface area (TPSA) is 17.3 Å². The van der Waals surface area contributed by atoms with E-state index in [4.69, 9.17) is 0 Å². The summed E-state index contributed by atoms with van der Waals surface area (Å²) in [6.45, 7) is 1.88. The highest BCUT2D eigenvalue weighted by Gasteiger charge is 2.08. The molecular weight excluding hydrogens is 174 g/mol. The number of hydrogen-bond donors (Lipinski definition) is 0. The van der Waals surface area contributed by atoms with Gasteiger partial charge in [0.2, 0.25) is 0 Å². The minimum Gasteiger partial charge on any atom is -0.304 e. The average Bonchev–Trinajstić information content (AvgIpc) is 2.47. The summed E-state index contributed by atoms with van der Waals surface area (Å²) in [5, 5.41) is 0. The lowest BCUT2D eigenvalue weighted by Crippen LogP contribution is -1.90. The van der Waals surface area contributed by atoms with Gasteiger partial charge in [0.25, 0.3) is 6.43 Å². The highest BCUT2D eigenvalue weighted by molar-refractivity contribution is 5.43. The Kier molecular flexibility index (Phi) is 1.76. The third-order valence-corrected chi connectivity index (χ3v) is 1.97. The summed E-state index contributed by atoms with van der Waals surface area (Å²) in [6, 6.07) is 2.81. The van der Waals surface area contributed by atoms with Gasteiger partial charge >= 0.3 is 0 Å². The zero-order chi connectivity index (χ0) is 9.42. The monoisotopic (exact) mass is 182 g/mol. The van der Waals surface area contributed by atoms with Crippen LogP contribution in [0.1, 0.15) is 17.7 Å². The van der Waals surface area contributed by atoms with Gasteiger partial charge in [-0.3, -0.25) is 0 Å². The van der Waals surface area contributed by atoms with E-state index in [-0.39, 0.29) is 5.56 Å². The fourth-order valence-electron chi connectivity index (χ4n) is 1.26. The Hall–Kier alpha value is -1.45. The number of rotatable bonds is 1. The van der Waals surface area contributed by atoms with Crippen molar-refractivity contribution in [1.29, 1.82) is 0 Å². The Labute approximate surface area is 73.8 Å². The summed E-state index contributed by atoms with van der Waals surface area (Å²) in [7, 11) is 0. The first kappa shape index (κ1) is 8.16. The molecule has 0 aliphatic rings. The summed E-state index contributed by atoms with van der Waals surface area (Å²) >= 11 is 0. The van der Waals surface area contributed by atoms with Crippen molar-refractivity contribution in [2.45, 2.75) is 13.3 Å². The Morgan fingerprint density at radius 1 is 1.46 bits per heavy atom. The molecule has 0 N–H and O–H groups in total. The first-order valence-corrected chi connectivity index (χ1v) is 3.90. The van der Waals surface area contributed by atoms with Crippen LogP contribution in [-0.2, 0) is 0 Å².